The average Bonchev–Trinajstić information content (AvgIpc) is 2.36. The van der Waals surface area contributed by atoms with Gasteiger partial charge in [-0.05, 0) is 50.5 Å². The maximum Gasteiger partial charge on any atom is 0.309 e. The van der Waals surface area contributed by atoms with Gasteiger partial charge < -0.3 is 9.84 Å². The molecule has 0 atom stereocenters. The molecule has 18 heavy (non-hydrogen) atoms. The number of aryl methyl sites for hydroxylation is 1. The zero-order chi connectivity index (χ0) is 13.2. The summed E-state index contributed by atoms with van der Waals surface area (Å²) in [6.45, 7) is 4.30. The van der Waals surface area contributed by atoms with E-state index in [9.17, 15) is 4.79 Å². The van der Waals surface area contributed by atoms with Crippen LogP contribution in [0, 0.1) is 5.41 Å². The minimum absolute atomic E-state index is 0.571. The lowest BCUT2D eigenvalue weighted by Crippen LogP contribution is -2.26. The predicted molar refractivity (Wildman–Crippen MR) is 72.4 cm³/mol. The smallest absolute Gasteiger partial charge is 0.309 e. The van der Waals surface area contributed by atoms with Crippen molar-refractivity contribution in [2.45, 2.75) is 31.6 Å². The zero-order valence-electron chi connectivity index (χ0n) is 10.7. The summed E-state index contributed by atoms with van der Waals surface area (Å²) in [6.07, 6.45) is 2.10. The molecule has 1 heterocycles. The van der Waals surface area contributed by atoms with E-state index in [0.29, 0.717) is 5.75 Å². The molecule has 0 aliphatic carbocycles. The summed E-state index contributed by atoms with van der Waals surface area (Å²) in [5.41, 5.74) is 0.538. The Labute approximate surface area is 112 Å². The highest BCUT2D eigenvalue weighted by atomic mass is 32.2. The Balaban J connectivity index is 2.04. The third kappa shape index (κ3) is 2.99. The number of carbonyl (C=O) groups is 1. The molecule has 0 unspecified atom stereocenters. The summed E-state index contributed by atoms with van der Waals surface area (Å²) in [4.78, 5) is 12.2. The second-order valence-corrected chi connectivity index (χ2v) is 6.25. The molecule has 0 fully saturated rings. The van der Waals surface area contributed by atoms with Gasteiger partial charge in [0.15, 0.2) is 0 Å². The van der Waals surface area contributed by atoms with E-state index in [2.05, 4.69) is 6.07 Å². The molecule has 0 saturated heterocycles. The monoisotopic (exact) mass is 266 g/mol. The molecular formula is C14H18O3S. The predicted octanol–water partition coefficient (Wildman–Crippen LogP) is 3.21. The largest absolute Gasteiger partial charge is 0.493 e. The van der Waals surface area contributed by atoms with E-state index in [1.54, 1.807) is 25.6 Å². The van der Waals surface area contributed by atoms with Crippen molar-refractivity contribution >= 4 is 17.7 Å². The molecular weight excluding hydrogens is 248 g/mol. The Morgan fingerprint density at radius 2 is 2.28 bits per heavy atom. The van der Waals surface area contributed by atoms with E-state index >= 15 is 0 Å². The normalized spacial score (nSPS) is 14.8. The fourth-order valence-electron chi connectivity index (χ4n) is 1.75. The van der Waals surface area contributed by atoms with Crippen LogP contribution in [0.25, 0.3) is 0 Å². The minimum Gasteiger partial charge on any atom is -0.493 e. The molecule has 1 aromatic carbocycles. The number of carboxylic acid groups (broad SMARTS) is 1. The summed E-state index contributed by atoms with van der Waals surface area (Å²) in [7, 11) is 0. The van der Waals surface area contributed by atoms with Crippen LogP contribution in [0.5, 0.6) is 5.75 Å². The van der Waals surface area contributed by atoms with Crippen LogP contribution in [-0.2, 0) is 11.2 Å². The Kier molecular flexibility index (Phi) is 3.85. The fraction of sp³-hybridized carbons (Fsp3) is 0.500. The lowest BCUT2D eigenvalue weighted by molar-refractivity contribution is -0.145. The molecule has 0 spiro atoms. The van der Waals surface area contributed by atoms with Crippen LogP contribution in [0.15, 0.2) is 23.1 Å². The van der Waals surface area contributed by atoms with Gasteiger partial charge in [-0.2, -0.15) is 0 Å². The van der Waals surface area contributed by atoms with E-state index in [4.69, 9.17) is 9.84 Å². The number of fused-ring (bicyclic) bond motifs is 1. The minimum atomic E-state index is -0.753. The van der Waals surface area contributed by atoms with E-state index in [1.807, 2.05) is 12.1 Å². The van der Waals surface area contributed by atoms with Gasteiger partial charge in [0.25, 0.3) is 0 Å². The summed E-state index contributed by atoms with van der Waals surface area (Å²) in [5.74, 6) is 0.793. The van der Waals surface area contributed by atoms with Crippen molar-refractivity contribution in [2.75, 3.05) is 12.4 Å². The van der Waals surface area contributed by atoms with Crippen LogP contribution in [0.4, 0.5) is 0 Å². The van der Waals surface area contributed by atoms with E-state index in [1.165, 1.54) is 5.56 Å². The molecule has 98 valence electrons. The first-order valence-corrected chi connectivity index (χ1v) is 7.09. The van der Waals surface area contributed by atoms with Gasteiger partial charge in [0.05, 0.1) is 12.0 Å². The fourth-order valence-corrected chi connectivity index (χ4v) is 2.79. The molecule has 0 amide bonds. The summed E-state index contributed by atoms with van der Waals surface area (Å²) >= 11 is 1.59. The Morgan fingerprint density at radius 3 is 3.00 bits per heavy atom. The second kappa shape index (κ2) is 5.22. The Bertz CT molecular complexity index is 454. The lowest BCUT2D eigenvalue weighted by atomic mass is 9.97. The number of thioether (sulfide) groups is 1. The van der Waals surface area contributed by atoms with Gasteiger partial charge in [0.1, 0.15) is 5.75 Å². The van der Waals surface area contributed by atoms with Gasteiger partial charge in [-0.1, -0.05) is 0 Å². The Morgan fingerprint density at radius 1 is 1.50 bits per heavy atom. The van der Waals surface area contributed by atoms with Crippen molar-refractivity contribution in [1.29, 1.82) is 0 Å². The summed E-state index contributed by atoms with van der Waals surface area (Å²) in [6, 6.07) is 6.12. The van der Waals surface area contributed by atoms with Crippen LogP contribution in [-0.4, -0.2) is 23.4 Å². The number of ether oxygens (including phenoxy) is 1. The van der Waals surface area contributed by atoms with Crippen LogP contribution < -0.4 is 4.74 Å². The molecule has 3 nitrogen and oxygen atoms in total. The molecule has 0 saturated carbocycles. The van der Waals surface area contributed by atoms with Crippen LogP contribution in [0.3, 0.4) is 0 Å². The molecule has 4 heteroatoms. The van der Waals surface area contributed by atoms with E-state index in [0.717, 1.165) is 30.1 Å². The number of rotatable bonds is 4. The lowest BCUT2D eigenvalue weighted by Gasteiger charge is -2.20. The first-order chi connectivity index (χ1) is 8.49. The van der Waals surface area contributed by atoms with Crippen LogP contribution >= 0.6 is 11.8 Å². The topological polar surface area (TPSA) is 46.5 Å². The molecule has 1 aliphatic rings. The van der Waals surface area contributed by atoms with Crippen molar-refractivity contribution < 1.29 is 14.6 Å². The van der Waals surface area contributed by atoms with Crippen molar-refractivity contribution in [3.63, 3.8) is 0 Å². The van der Waals surface area contributed by atoms with Gasteiger partial charge in [-0.15, -0.1) is 11.8 Å². The van der Waals surface area contributed by atoms with E-state index in [-0.39, 0.29) is 0 Å². The van der Waals surface area contributed by atoms with Crippen molar-refractivity contribution in [3.05, 3.63) is 23.8 Å². The van der Waals surface area contributed by atoms with Gasteiger partial charge in [-0.25, -0.2) is 0 Å². The highest BCUT2D eigenvalue weighted by Crippen LogP contribution is 2.32. The number of hydrogen-bond acceptors (Lipinski definition) is 3. The van der Waals surface area contributed by atoms with Gasteiger partial charge in [-0.3, -0.25) is 4.79 Å². The molecule has 1 N–H and O–H groups in total. The maximum absolute atomic E-state index is 11.0. The van der Waals surface area contributed by atoms with Gasteiger partial charge >= 0.3 is 5.97 Å². The third-order valence-corrected chi connectivity index (χ3v) is 4.51. The molecule has 0 bridgehead atoms. The maximum atomic E-state index is 11.0. The number of benzene rings is 1. The molecule has 1 aromatic rings. The number of aliphatic carboxylic acids is 1. The van der Waals surface area contributed by atoms with Crippen molar-refractivity contribution in [3.8, 4) is 5.75 Å². The first kappa shape index (κ1) is 13.3. The first-order valence-electron chi connectivity index (χ1n) is 6.11. The average molecular weight is 266 g/mol. The Hall–Kier alpha value is -1.16. The molecule has 1 aliphatic heterocycles. The number of carboxylic acids is 1. The van der Waals surface area contributed by atoms with Gasteiger partial charge in [0, 0.05) is 10.6 Å². The summed E-state index contributed by atoms with van der Waals surface area (Å²) < 4.78 is 5.56. The quantitative estimate of drug-likeness (QED) is 0.850. The zero-order valence-corrected chi connectivity index (χ0v) is 11.5. The van der Waals surface area contributed by atoms with Crippen LogP contribution in [0.2, 0.25) is 0 Å². The van der Waals surface area contributed by atoms with Crippen molar-refractivity contribution in [1.82, 2.24) is 0 Å². The SMILES string of the molecule is CC(C)(CSc1ccc2c(c1)CCCO2)C(=O)O. The third-order valence-electron chi connectivity index (χ3n) is 3.06. The standard InChI is InChI=1S/C14H18O3S/c1-14(2,13(15)16)9-18-11-5-6-12-10(8-11)4-3-7-17-12/h5-6,8H,3-4,7,9H2,1-2H3,(H,15,16). The van der Waals surface area contributed by atoms with E-state index < -0.39 is 11.4 Å². The molecule has 0 radical (unpaired) electrons. The number of hydrogen-bond donors (Lipinski definition) is 1. The highest BCUT2D eigenvalue weighted by Gasteiger charge is 2.27. The van der Waals surface area contributed by atoms with Crippen molar-refractivity contribution in [2.24, 2.45) is 5.41 Å². The highest BCUT2D eigenvalue weighted by molar-refractivity contribution is 7.99. The summed E-state index contributed by atoms with van der Waals surface area (Å²) in [5, 5.41) is 9.08. The second-order valence-electron chi connectivity index (χ2n) is 5.20. The van der Waals surface area contributed by atoms with Gasteiger partial charge in [0.2, 0.25) is 0 Å². The molecule has 0 aromatic heterocycles. The van der Waals surface area contributed by atoms with Crippen LogP contribution in [0.1, 0.15) is 25.8 Å². The molecule has 2 rings (SSSR count).